The number of para-hydroxylation sites is 1. The SMILES string of the molecule is O=C1OC(c2cccc(Cl)c2)N(C(=O)c2ccccc2)c2ccccc21. The van der Waals surface area contributed by atoms with Crippen molar-refractivity contribution in [1.29, 1.82) is 0 Å². The monoisotopic (exact) mass is 363 g/mol. The van der Waals surface area contributed by atoms with Gasteiger partial charge in [-0.25, -0.2) is 4.79 Å². The predicted molar refractivity (Wildman–Crippen MR) is 99.3 cm³/mol. The van der Waals surface area contributed by atoms with Crippen molar-refractivity contribution in [3.8, 4) is 0 Å². The van der Waals surface area contributed by atoms with Gasteiger partial charge in [0.1, 0.15) is 0 Å². The van der Waals surface area contributed by atoms with E-state index < -0.39 is 12.2 Å². The highest BCUT2D eigenvalue weighted by molar-refractivity contribution is 6.30. The fourth-order valence-corrected chi connectivity index (χ4v) is 3.21. The van der Waals surface area contributed by atoms with Gasteiger partial charge in [0.25, 0.3) is 5.91 Å². The van der Waals surface area contributed by atoms with Crippen LogP contribution in [0.25, 0.3) is 0 Å². The van der Waals surface area contributed by atoms with Gasteiger partial charge in [-0.15, -0.1) is 0 Å². The fraction of sp³-hybridized carbons (Fsp3) is 0.0476. The number of esters is 1. The second-order valence-corrected chi connectivity index (χ2v) is 6.31. The molecule has 26 heavy (non-hydrogen) atoms. The first-order valence-corrected chi connectivity index (χ1v) is 8.47. The zero-order chi connectivity index (χ0) is 18.1. The molecule has 0 saturated heterocycles. The third-order valence-electron chi connectivity index (χ3n) is 4.21. The Kier molecular flexibility index (Phi) is 4.19. The minimum atomic E-state index is -0.885. The van der Waals surface area contributed by atoms with Gasteiger partial charge < -0.3 is 4.74 Å². The van der Waals surface area contributed by atoms with Crippen LogP contribution in [-0.4, -0.2) is 11.9 Å². The molecule has 1 aliphatic rings. The zero-order valence-electron chi connectivity index (χ0n) is 13.6. The van der Waals surface area contributed by atoms with Crippen LogP contribution in [0.15, 0.2) is 78.9 Å². The van der Waals surface area contributed by atoms with Crippen LogP contribution in [0.4, 0.5) is 5.69 Å². The molecule has 1 atom stereocenters. The van der Waals surface area contributed by atoms with Crippen molar-refractivity contribution in [1.82, 2.24) is 0 Å². The molecular formula is C21H14ClNO3. The lowest BCUT2D eigenvalue weighted by Crippen LogP contribution is -2.41. The Bertz CT molecular complexity index is 987. The number of carbonyl (C=O) groups excluding carboxylic acids is 2. The Balaban J connectivity index is 1.87. The Morgan fingerprint density at radius 1 is 0.923 bits per heavy atom. The van der Waals surface area contributed by atoms with E-state index in [1.807, 2.05) is 6.07 Å². The molecule has 0 radical (unpaired) electrons. The first-order valence-electron chi connectivity index (χ1n) is 8.09. The smallest absolute Gasteiger partial charge is 0.342 e. The lowest BCUT2D eigenvalue weighted by atomic mass is 10.0. The lowest BCUT2D eigenvalue weighted by Gasteiger charge is -2.36. The molecule has 0 aromatic heterocycles. The van der Waals surface area contributed by atoms with E-state index in [4.69, 9.17) is 16.3 Å². The summed E-state index contributed by atoms with van der Waals surface area (Å²) in [5, 5.41) is 0.504. The van der Waals surface area contributed by atoms with E-state index >= 15 is 0 Å². The fourth-order valence-electron chi connectivity index (χ4n) is 3.01. The van der Waals surface area contributed by atoms with Gasteiger partial charge in [-0.3, -0.25) is 9.69 Å². The standard InChI is InChI=1S/C21H14ClNO3/c22-16-10-6-9-15(13-16)20-23(19(24)14-7-2-1-3-8-14)18-12-5-4-11-17(18)21(25)26-20/h1-13,20H. The van der Waals surface area contributed by atoms with Crippen LogP contribution in [0.5, 0.6) is 0 Å². The van der Waals surface area contributed by atoms with Crippen LogP contribution in [0.1, 0.15) is 32.5 Å². The van der Waals surface area contributed by atoms with Gasteiger partial charge in [0.2, 0.25) is 6.23 Å². The van der Waals surface area contributed by atoms with E-state index in [1.165, 1.54) is 4.90 Å². The van der Waals surface area contributed by atoms with E-state index in [9.17, 15) is 9.59 Å². The molecule has 0 spiro atoms. The van der Waals surface area contributed by atoms with Crippen molar-refractivity contribution in [2.75, 3.05) is 4.90 Å². The van der Waals surface area contributed by atoms with Gasteiger partial charge in [0.15, 0.2) is 0 Å². The molecule has 128 valence electrons. The molecule has 0 saturated carbocycles. The van der Waals surface area contributed by atoms with Gasteiger partial charge >= 0.3 is 5.97 Å². The molecule has 5 heteroatoms. The molecule has 4 nitrogen and oxygen atoms in total. The Hall–Kier alpha value is -3.11. The normalized spacial score (nSPS) is 16.0. The maximum atomic E-state index is 13.2. The molecule has 1 aliphatic heterocycles. The molecule has 0 N–H and O–H groups in total. The number of halogens is 1. The summed E-state index contributed by atoms with van der Waals surface area (Å²) in [6.07, 6.45) is -0.885. The number of cyclic esters (lactones) is 1. The molecule has 0 fully saturated rings. The molecule has 3 aromatic rings. The number of rotatable bonds is 2. The summed E-state index contributed by atoms with van der Waals surface area (Å²) in [6, 6.07) is 22.8. The van der Waals surface area contributed by atoms with E-state index in [0.717, 1.165) is 0 Å². The number of hydrogen-bond donors (Lipinski definition) is 0. The molecule has 1 unspecified atom stereocenters. The molecular weight excluding hydrogens is 350 g/mol. The topological polar surface area (TPSA) is 46.6 Å². The van der Waals surface area contributed by atoms with E-state index in [-0.39, 0.29) is 5.91 Å². The van der Waals surface area contributed by atoms with Gasteiger partial charge in [0, 0.05) is 16.1 Å². The van der Waals surface area contributed by atoms with Crippen molar-refractivity contribution < 1.29 is 14.3 Å². The van der Waals surface area contributed by atoms with E-state index in [2.05, 4.69) is 0 Å². The first kappa shape index (κ1) is 16.4. The van der Waals surface area contributed by atoms with Gasteiger partial charge in [-0.05, 0) is 36.4 Å². The van der Waals surface area contributed by atoms with Crippen molar-refractivity contribution in [2.24, 2.45) is 0 Å². The Morgan fingerprint density at radius 2 is 1.65 bits per heavy atom. The highest BCUT2D eigenvalue weighted by atomic mass is 35.5. The number of amides is 1. The zero-order valence-corrected chi connectivity index (χ0v) is 14.4. The number of nitrogens with zero attached hydrogens (tertiary/aromatic N) is 1. The summed E-state index contributed by atoms with van der Waals surface area (Å²) in [6.45, 7) is 0. The maximum Gasteiger partial charge on any atom is 0.342 e. The van der Waals surface area contributed by atoms with Crippen LogP contribution in [-0.2, 0) is 4.74 Å². The summed E-state index contributed by atoms with van der Waals surface area (Å²) >= 11 is 6.10. The predicted octanol–water partition coefficient (Wildman–Crippen LogP) is 4.86. The maximum absolute atomic E-state index is 13.2. The van der Waals surface area contributed by atoms with Crippen LogP contribution in [0, 0.1) is 0 Å². The second kappa shape index (κ2) is 6.65. The average Bonchev–Trinajstić information content (AvgIpc) is 2.68. The number of benzene rings is 3. The van der Waals surface area contributed by atoms with Crippen molar-refractivity contribution >= 4 is 29.2 Å². The van der Waals surface area contributed by atoms with Gasteiger partial charge in [-0.1, -0.05) is 54.1 Å². The number of carbonyl (C=O) groups is 2. The number of ether oxygens (including phenoxy) is 1. The minimum Gasteiger partial charge on any atom is -0.433 e. The van der Waals surface area contributed by atoms with Crippen molar-refractivity contribution in [3.05, 3.63) is 101 Å². The van der Waals surface area contributed by atoms with Crippen LogP contribution < -0.4 is 4.90 Å². The summed E-state index contributed by atoms with van der Waals surface area (Å²) in [5.41, 5.74) is 2.01. The van der Waals surface area contributed by atoms with E-state index in [0.29, 0.717) is 27.4 Å². The van der Waals surface area contributed by atoms with Crippen LogP contribution >= 0.6 is 11.6 Å². The van der Waals surface area contributed by atoms with E-state index in [1.54, 1.807) is 72.8 Å². The molecule has 4 rings (SSSR count). The largest absolute Gasteiger partial charge is 0.433 e. The number of fused-ring (bicyclic) bond motifs is 1. The highest BCUT2D eigenvalue weighted by Crippen LogP contribution is 2.38. The van der Waals surface area contributed by atoms with Crippen LogP contribution in [0.3, 0.4) is 0 Å². The van der Waals surface area contributed by atoms with Crippen molar-refractivity contribution in [3.63, 3.8) is 0 Å². The third kappa shape index (κ3) is 2.85. The summed E-state index contributed by atoms with van der Waals surface area (Å²) in [4.78, 5) is 27.2. The number of anilines is 1. The molecule has 0 bridgehead atoms. The van der Waals surface area contributed by atoms with Crippen LogP contribution in [0.2, 0.25) is 5.02 Å². The van der Waals surface area contributed by atoms with Gasteiger partial charge in [0.05, 0.1) is 11.3 Å². The van der Waals surface area contributed by atoms with Gasteiger partial charge in [-0.2, -0.15) is 0 Å². The number of hydrogen-bond acceptors (Lipinski definition) is 3. The molecule has 0 aliphatic carbocycles. The summed E-state index contributed by atoms with van der Waals surface area (Å²) in [5.74, 6) is -0.724. The quantitative estimate of drug-likeness (QED) is 0.611. The molecule has 3 aromatic carbocycles. The highest BCUT2D eigenvalue weighted by Gasteiger charge is 2.37. The first-order chi connectivity index (χ1) is 12.6. The molecule has 1 amide bonds. The summed E-state index contributed by atoms with van der Waals surface area (Å²) in [7, 11) is 0. The third-order valence-corrected chi connectivity index (χ3v) is 4.45. The average molecular weight is 364 g/mol. The summed E-state index contributed by atoms with van der Waals surface area (Å²) < 4.78 is 5.62. The Labute approximate surface area is 155 Å². The molecule has 1 heterocycles. The van der Waals surface area contributed by atoms with Crippen molar-refractivity contribution in [2.45, 2.75) is 6.23 Å². The lowest BCUT2D eigenvalue weighted by molar-refractivity contribution is 0.0249. The Morgan fingerprint density at radius 3 is 2.42 bits per heavy atom. The second-order valence-electron chi connectivity index (χ2n) is 5.87. The minimum absolute atomic E-state index is 0.254.